The molecule has 158 valence electrons. The summed E-state index contributed by atoms with van der Waals surface area (Å²) in [5.41, 5.74) is 3.52. The average Bonchev–Trinajstić information content (AvgIpc) is 3.20. The lowest BCUT2D eigenvalue weighted by Gasteiger charge is -2.10. The molecule has 0 saturated carbocycles. The summed E-state index contributed by atoms with van der Waals surface area (Å²) in [4.78, 5) is 30.2. The monoisotopic (exact) mass is 451 g/mol. The van der Waals surface area contributed by atoms with E-state index in [-0.39, 0.29) is 11.0 Å². The number of amides is 1. The zero-order valence-electron chi connectivity index (χ0n) is 17.4. The predicted molar refractivity (Wildman–Crippen MR) is 125 cm³/mol. The number of nitrogens with one attached hydrogen (secondary N) is 1. The Morgan fingerprint density at radius 3 is 2.65 bits per heavy atom. The zero-order chi connectivity index (χ0) is 22.0. The highest BCUT2D eigenvalue weighted by atomic mass is 32.2. The molecule has 3 aromatic heterocycles. The number of anilines is 1. The number of pyridine rings is 2. The van der Waals surface area contributed by atoms with Crippen LogP contribution in [0.1, 0.15) is 34.1 Å². The molecule has 0 aliphatic rings. The molecule has 7 nitrogen and oxygen atoms in total. The van der Waals surface area contributed by atoms with Gasteiger partial charge < -0.3 is 4.57 Å². The van der Waals surface area contributed by atoms with Crippen LogP contribution in [0.25, 0.3) is 11.0 Å². The highest BCUT2D eigenvalue weighted by Crippen LogP contribution is 2.28. The third-order valence-corrected chi connectivity index (χ3v) is 6.80. The lowest BCUT2D eigenvalue weighted by atomic mass is 10.1. The number of thioether (sulfide) groups is 1. The summed E-state index contributed by atoms with van der Waals surface area (Å²) in [5, 5.41) is 11.7. The van der Waals surface area contributed by atoms with E-state index < -0.39 is 5.91 Å². The van der Waals surface area contributed by atoms with E-state index in [2.05, 4.69) is 51.7 Å². The molecule has 1 amide bonds. The molecule has 0 radical (unpaired) electrons. The van der Waals surface area contributed by atoms with E-state index in [1.54, 1.807) is 30.1 Å². The fourth-order valence-electron chi connectivity index (χ4n) is 3.08. The Balaban J connectivity index is 1.51. The number of fused-ring (bicyclic) bond motifs is 1. The van der Waals surface area contributed by atoms with Gasteiger partial charge in [0.15, 0.2) is 4.34 Å². The molecule has 0 atom stereocenters. The number of carbonyl (C=O) groups is 1. The standard InChI is InChI=1S/C22H21N5O2S2/c1-4-27-11-17(18(28)16-10-7-14(3)23-19(16)27)20(29)24-21-25-26-22(31-21)30-12-15-8-5-13(2)6-9-15/h5-11H,4,12H2,1-3H3,(H,24,25,29). The first-order chi connectivity index (χ1) is 14.9. The molecule has 0 fully saturated rings. The number of aromatic nitrogens is 4. The number of aryl methyl sites for hydroxylation is 3. The molecule has 0 spiro atoms. The van der Waals surface area contributed by atoms with Crippen LogP contribution in [-0.4, -0.2) is 25.7 Å². The molecule has 1 N–H and O–H groups in total. The molecule has 9 heteroatoms. The smallest absolute Gasteiger partial charge is 0.262 e. The van der Waals surface area contributed by atoms with Crippen molar-refractivity contribution in [3.63, 3.8) is 0 Å². The summed E-state index contributed by atoms with van der Waals surface area (Å²) >= 11 is 2.84. The first-order valence-electron chi connectivity index (χ1n) is 9.78. The van der Waals surface area contributed by atoms with Crippen molar-refractivity contribution in [1.29, 1.82) is 0 Å². The first-order valence-corrected chi connectivity index (χ1v) is 11.6. The maximum absolute atomic E-state index is 12.9. The van der Waals surface area contributed by atoms with E-state index in [1.165, 1.54) is 22.5 Å². The maximum Gasteiger partial charge on any atom is 0.262 e. The third kappa shape index (κ3) is 4.67. The van der Waals surface area contributed by atoms with Crippen molar-refractivity contribution < 1.29 is 4.79 Å². The fraction of sp³-hybridized carbons (Fsp3) is 0.227. The summed E-state index contributed by atoms with van der Waals surface area (Å²) in [7, 11) is 0. The van der Waals surface area contributed by atoms with Crippen LogP contribution in [0, 0.1) is 13.8 Å². The van der Waals surface area contributed by atoms with E-state index in [0.29, 0.717) is 22.7 Å². The molecule has 0 aliphatic carbocycles. The van der Waals surface area contributed by atoms with Crippen LogP contribution in [0.4, 0.5) is 5.13 Å². The van der Waals surface area contributed by atoms with Crippen molar-refractivity contribution in [2.24, 2.45) is 0 Å². The molecule has 4 rings (SSSR count). The number of hydrogen-bond donors (Lipinski definition) is 1. The second-order valence-electron chi connectivity index (χ2n) is 7.08. The van der Waals surface area contributed by atoms with Gasteiger partial charge >= 0.3 is 0 Å². The Bertz CT molecular complexity index is 1310. The summed E-state index contributed by atoms with van der Waals surface area (Å²) in [6.45, 7) is 6.46. The third-order valence-electron chi connectivity index (χ3n) is 4.76. The number of carbonyl (C=O) groups excluding carboxylic acids is 1. The van der Waals surface area contributed by atoms with E-state index in [4.69, 9.17) is 0 Å². The summed E-state index contributed by atoms with van der Waals surface area (Å²) in [5.74, 6) is 0.266. The first kappa shape index (κ1) is 21.2. The van der Waals surface area contributed by atoms with Crippen molar-refractivity contribution in [2.75, 3.05) is 5.32 Å². The van der Waals surface area contributed by atoms with E-state index in [9.17, 15) is 9.59 Å². The lowest BCUT2D eigenvalue weighted by molar-refractivity contribution is 0.102. The zero-order valence-corrected chi connectivity index (χ0v) is 19.0. The number of hydrogen-bond acceptors (Lipinski definition) is 7. The van der Waals surface area contributed by atoms with Crippen LogP contribution < -0.4 is 10.7 Å². The minimum absolute atomic E-state index is 0.0593. The molecule has 0 bridgehead atoms. The highest BCUT2D eigenvalue weighted by Gasteiger charge is 2.18. The van der Waals surface area contributed by atoms with Gasteiger partial charge in [-0.15, -0.1) is 10.2 Å². The molecule has 1 aromatic carbocycles. The average molecular weight is 452 g/mol. The van der Waals surface area contributed by atoms with Gasteiger partial charge in [0.1, 0.15) is 11.2 Å². The van der Waals surface area contributed by atoms with Crippen LogP contribution in [0.15, 0.2) is 51.7 Å². The minimum Gasteiger partial charge on any atom is -0.332 e. The Kier molecular flexibility index (Phi) is 6.15. The number of rotatable bonds is 6. The quantitative estimate of drug-likeness (QED) is 0.345. The van der Waals surface area contributed by atoms with Crippen molar-refractivity contribution in [2.45, 2.75) is 37.4 Å². The molecule has 0 aliphatic heterocycles. The number of nitrogens with zero attached hydrogens (tertiary/aromatic N) is 4. The normalized spacial score (nSPS) is 11.1. The Hall–Kier alpha value is -3.04. The Morgan fingerprint density at radius 2 is 1.90 bits per heavy atom. The van der Waals surface area contributed by atoms with Crippen molar-refractivity contribution in [3.8, 4) is 0 Å². The van der Waals surface area contributed by atoms with E-state index >= 15 is 0 Å². The van der Waals surface area contributed by atoms with E-state index in [1.807, 2.05) is 18.4 Å². The summed E-state index contributed by atoms with van der Waals surface area (Å²) < 4.78 is 2.56. The van der Waals surface area contributed by atoms with Gasteiger partial charge in [0.2, 0.25) is 10.6 Å². The topological polar surface area (TPSA) is 89.8 Å². The van der Waals surface area contributed by atoms with Crippen LogP contribution in [0.5, 0.6) is 0 Å². The van der Waals surface area contributed by atoms with Gasteiger partial charge in [0.05, 0.1) is 5.39 Å². The Morgan fingerprint density at radius 1 is 1.13 bits per heavy atom. The highest BCUT2D eigenvalue weighted by molar-refractivity contribution is 8.00. The lowest BCUT2D eigenvalue weighted by Crippen LogP contribution is -2.24. The van der Waals surface area contributed by atoms with Crippen molar-refractivity contribution in [1.82, 2.24) is 19.7 Å². The van der Waals surface area contributed by atoms with Crippen LogP contribution >= 0.6 is 23.1 Å². The minimum atomic E-state index is -0.499. The van der Waals surface area contributed by atoms with Crippen molar-refractivity contribution in [3.05, 3.63) is 75.2 Å². The van der Waals surface area contributed by atoms with Gasteiger partial charge in [-0.25, -0.2) is 4.98 Å². The van der Waals surface area contributed by atoms with Gasteiger partial charge in [0.25, 0.3) is 5.91 Å². The largest absolute Gasteiger partial charge is 0.332 e. The van der Waals surface area contributed by atoms with Gasteiger partial charge in [-0.1, -0.05) is 52.9 Å². The van der Waals surface area contributed by atoms with Gasteiger partial charge in [-0.2, -0.15) is 0 Å². The maximum atomic E-state index is 12.9. The van der Waals surface area contributed by atoms with Crippen LogP contribution in [0.2, 0.25) is 0 Å². The summed E-state index contributed by atoms with van der Waals surface area (Å²) in [6.07, 6.45) is 1.56. The molecular weight excluding hydrogens is 430 g/mol. The van der Waals surface area contributed by atoms with Crippen LogP contribution in [-0.2, 0) is 12.3 Å². The molecule has 4 aromatic rings. The molecule has 0 saturated heterocycles. The number of benzene rings is 1. The van der Waals surface area contributed by atoms with Crippen LogP contribution in [0.3, 0.4) is 0 Å². The van der Waals surface area contributed by atoms with Gasteiger partial charge in [0, 0.05) is 24.2 Å². The van der Waals surface area contributed by atoms with E-state index in [0.717, 1.165) is 15.8 Å². The fourth-order valence-corrected chi connectivity index (χ4v) is 4.78. The molecule has 31 heavy (non-hydrogen) atoms. The molecular formula is C22H21N5O2S2. The van der Waals surface area contributed by atoms with Gasteiger partial charge in [-0.05, 0) is 38.5 Å². The predicted octanol–water partition coefficient (Wildman–Crippen LogP) is 4.43. The molecule has 3 heterocycles. The van der Waals surface area contributed by atoms with Gasteiger partial charge in [-0.3, -0.25) is 14.9 Å². The molecule has 0 unspecified atom stereocenters. The Labute approximate surface area is 187 Å². The summed E-state index contributed by atoms with van der Waals surface area (Å²) in [6, 6.07) is 11.8. The second kappa shape index (κ2) is 8.99. The second-order valence-corrected chi connectivity index (χ2v) is 9.28. The van der Waals surface area contributed by atoms with Crippen molar-refractivity contribution >= 4 is 45.2 Å². The SMILES string of the molecule is CCn1cc(C(=O)Nc2nnc(SCc3ccc(C)cc3)s2)c(=O)c2ccc(C)nc21.